The van der Waals surface area contributed by atoms with E-state index in [1.165, 1.54) is 18.6 Å². The van der Waals surface area contributed by atoms with Crippen LogP contribution in [-0.2, 0) is 10.4 Å². The third-order valence-electron chi connectivity index (χ3n) is 6.10. The molecule has 1 aromatic carbocycles. The summed E-state index contributed by atoms with van der Waals surface area (Å²) in [4.78, 5) is 35.6. The average Bonchev–Trinajstić information content (AvgIpc) is 2.74. The fourth-order valence-electron chi connectivity index (χ4n) is 4.11. The Morgan fingerprint density at radius 2 is 1.87 bits per heavy atom. The van der Waals surface area contributed by atoms with Crippen LogP contribution in [0.2, 0.25) is 5.02 Å². The Balaban J connectivity index is 1.77. The third kappa shape index (κ3) is 4.72. The van der Waals surface area contributed by atoms with Crippen LogP contribution in [0.4, 0.5) is 0 Å². The van der Waals surface area contributed by atoms with Crippen LogP contribution in [0.15, 0.2) is 42.9 Å². The van der Waals surface area contributed by atoms with E-state index in [2.05, 4.69) is 15.3 Å². The number of piperidine rings is 1. The molecule has 0 unspecified atom stereocenters. The normalized spacial score (nSPS) is 21.6. The SMILES string of the molecule is CC(C)[C@@H](NC(=O)c1cnccn1)C(=O)N1CC[C@](O)(c2ccc(Cl)cc2)C(C)(C)C1. The number of carbonyl (C=O) groups excluding carboxylic acids is 2. The molecule has 2 atom stereocenters. The van der Waals surface area contributed by atoms with Crippen LogP contribution in [0.3, 0.4) is 0 Å². The molecule has 0 spiro atoms. The number of aliphatic hydroxyl groups is 1. The maximum atomic E-state index is 13.4. The van der Waals surface area contributed by atoms with Crippen molar-refractivity contribution in [3.05, 3.63) is 59.1 Å². The lowest BCUT2D eigenvalue weighted by atomic mass is 9.66. The van der Waals surface area contributed by atoms with Crippen molar-refractivity contribution in [2.24, 2.45) is 11.3 Å². The second kappa shape index (κ2) is 8.93. The van der Waals surface area contributed by atoms with Gasteiger partial charge < -0.3 is 15.3 Å². The van der Waals surface area contributed by atoms with Gasteiger partial charge in [-0.2, -0.15) is 0 Å². The Labute approximate surface area is 187 Å². The van der Waals surface area contributed by atoms with Gasteiger partial charge in [-0.25, -0.2) is 4.98 Å². The number of halogens is 1. The number of rotatable bonds is 5. The largest absolute Gasteiger partial charge is 0.384 e. The van der Waals surface area contributed by atoms with Gasteiger partial charge in [0, 0.05) is 35.9 Å². The molecule has 0 aliphatic carbocycles. The number of aromatic nitrogens is 2. The van der Waals surface area contributed by atoms with Gasteiger partial charge in [-0.1, -0.05) is 51.4 Å². The minimum Gasteiger partial charge on any atom is -0.384 e. The first kappa shape index (κ1) is 23.2. The summed E-state index contributed by atoms with van der Waals surface area (Å²) in [6.45, 7) is 8.41. The smallest absolute Gasteiger partial charge is 0.272 e. The minimum absolute atomic E-state index is 0.117. The topological polar surface area (TPSA) is 95.4 Å². The molecule has 2 aromatic rings. The highest BCUT2D eigenvalue weighted by Gasteiger charge is 2.50. The van der Waals surface area contributed by atoms with Gasteiger partial charge in [-0.3, -0.25) is 14.6 Å². The van der Waals surface area contributed by atoms with Crippen molar-refractivity contribution in [1.82, 2.24) is 20.2 Å². The second-order valence-corrected chi connectivity index (χ2v) is 9.48. The van der Waals surface area contributed by atoms with E-state index in [1.54, 1.807) is 17.0 Å². The number of amides is 2. The van der Waals surface area contributed by atoms with Crippen LogP contribution >= 0.6 is 11.6 Å². The van der Waals surface area contributed by atoms with Crippen molar-refractivity contribution in [2.45, 2.75) is 45.8 Å². The summed E-state index contributed by atoms with van der Waals surface area (Å²) in [5, 5.41) is 15.0. The molecule has 0 saturated carbocycles. The highest BCUT2D eigenvalue weighted by atomic mass is 35.5. The van der Waals surface area contributed by atoms with Crippen LogP contribution in [0.1, 0.15) is 50.2 Å². The highest BCUT2D eigenvalue weighted by Crippen LogP contribution is 2.46. The van der Waals surface area contributed by atoms with E-state index < -0.39 is 23.0 Å². The predicted molar refractivity (Wildman–Crippen MR) is 118 cm³/mol. The maximum absolute atomic E-state index is 13.4. The number of nitrogens with one attached hydrogen (secondary N) is 1. The Hall–Kier alpha value is -2.51. The molecule has 0 radical (unpaired) electrons. The predicted octanol–water partition coefficient (Wildman–Crippen LogP) is 3.03. The third-order valence-corrected chi connectivity index (χ3v) is 6.35. The summed E-state index contributed by atoms with van der Waals surface area (Å²) < 4.78 is 0. The van der Waals surface area contributed by atoms with Gasteiger partial charge in [0.15, 0.2) is 0 Å². The number of benzene rings is 1. The van der Waals surface area contributed by atoms with Gasteiger partial charge in [-0.15, -0.1) is 0 Å². The maximum Gasteiger partial charge on any atom is 0.272 e. The molecule has 2 amide bonds. The van der Waals surface area contributed by atoms with Crippen molar-refractivity contribution in [2.75, 3.05) is 13.1 Å². The molecule has 7 nitrogen and oxygen atoms in total. The molecule has 31 heavy (non-hydrogen) atoms. The van der Waals surface area contributed by atoms with Crippen molar-refractivity contribution in [3.8, 4) is 0 Å². The molecule has 1 aliphatic rings. The number of hydrogen-bond acceptors (Lipinski definition) is 5. The Bertz CT molecular complexity index is 934. The molecule has 2 heterocycles. The summed E-state index contributed by atoms with van der Waals surface area (Å²) in [5.41, 5.74) is -0.752. The van der Waals surface area contributed by atoms with E-state index in [9.17, 15) is 14.7 Å². The molecule has 2 N–H and O–H groups in total. The first-order valence-corrected chi connectivity index (χ1v) is 10.8. The van der Waals surface area contributed by atoms with E-state index in [1.807, 2.05) is 39.8 Å². The molecule has 3 rings (SSSR count). The van der Waals surface area contributed by atoms with E-state index in [-0.39, 0.29) is 17.5 Å². The lowest BCUT2D eigenvalue weighted by molar-refractivity contribution is -0.155. The lowest BCUT2D eigenvalue weighted by Gasteiger charge is -2.51. The molecular weight excluding hydrogens is 416 g/mol. The van der Waals surface area contributed by atoms with Gasteiger partial charge in [0.1, 0.15) is 11.7 Å². The van der Waals surface area contributed by atoms with Gasteiger partial charge in [-0.05, 0) is 30.0 Å². The summed E-state index contributed by atoms with van der Waals surface area (Å²) in [6, 6.07) is 6.49. The van der Waals surface area contributed by atoms with Crippen LogP contribution in [0.25, 0.3) is 0 Å². The molecule has 1 aliphatic heterocycles. The Kier molecular flexibility index (Phi) is 6.67. The van der Waals surface area contributed by atoms with E-state index >= 15 is 0 Å². The zero-order valence-electron chi connectivity index (χ0n) is 18.3. The van der Waals surface area contributed by atoms with Crippen LogP contribution in [0.5, 0.6) is 0 Å². The van der Waals surface area contributed by atoms with Crippen molar-refractivity contribution in [1.29, 1.82) is 0 Å². The number of carbonyl (C=O) groups is 2. The first-order valence-electron chi connectivity index (χ1n) is 10.4. The minimum atomic E-state index is -1.09. The molecule has 0 bridgehead atoms. The highest BCUT2D eigenvalue weighted by molar-refractivity contribution is 6.30. The molecule has 166 valence electrons. The molecule has 1 saturated heterocycles. The fraction of sp³-hybridized carbons (Fsp3) is 0.478. The van der Waals surface area contributed by atoms with Gasteiger partial charge >= 0.3 is 0 Å². The summed E-state index contributed by atoms with van der Waals surface area (Å²) in [6.07, 6.45) is 4.68. The quantitative estimate of drug-likeness (QED) is 0.739. The summed E-state index contributed by atoms with van der Waals surface area (Å²) >= 11 is 6.00. The monoisotopic (exact) mass is 444 g/mol. The van der Waals surface area contributed by atoms with Crippen LogP contribution < -0.4 is 5.32 Å². The van der Waals surface area contributed by atoms with Gasteiger partial charge in [0.05, 0.1) is 11.8 Å². The fourth-order valence-corrected chi connectivity index (χ4v) is 4.24. The summed E-state index contributed by atoms with van der Waals surface area (Å²) in [7, 11) is 0. The molecule has 1 fully saturated rings. The van der Waals surface area contributed by atoms with E-state index in [4.69, 9.17) is 11.6 Å². The Morgan fingerprint density at radius 3 is 2.42 bits per heavy atom. The molecule has 8 heteroatoms. The van der Waals surface area contributed by atoms with Crippen molar-refractivity contribution < 1.29 is 14.7 Å². The number of likely N-dealkylation sites (tertiary alicyclic amines) is 1. The van der Waals surface area contributed by atoms with Crippen molar-refractivity contribution in [3.63, 3.8) is 0 Å². The van der Waals surface area contributed by atoms with E-state index in [0.717, 1.165) is 5.56 Å². The molecular formula is C23H29ClN4O3. The summed E-state index contributed by atoms with van der Waals surface area (Å²) in [5.74, 6) is -0.721. The zero-order valence-corrected chi connectivity index (χ0v) is 19.1. The zero-order chi connectivity index (χ0) is 22.8. The van der Waals surface area contributed by atoms with Crippen LogP contribution in [-0.4, -0.2) is 50.9 Å². The first-order chi connectivity index (χ1) is 14.5. The van der Waals surface area contributed by atoms with Gasteiger partial charge in [0.2, 0.25) is 5.91 Å². The van der Waals surface area contributed by atoms with E-state index in [0.29, 0.717) is 24.5 Å². The second-order valence-electron chi connectivity index (χ2n) is 9.05. The average molecular weight is 445 g/mol. The Morgan fingerprint density at radius 1 is 1.19 bits per heavy atom. The number of nitrogens with zero attached hydrogens (tertiary/aromatic N) is 3. The van der Waals surface area contributed by atoms with Crippen molar-refractivity contribution >= 4 is 23.4 Å². The molecule has 1 aromatic heterocycles. The number of hydrogen-bond donors (Lipinski definition) is 2. The standard InChI is InChI=1S/C23H29ClN4O3/c1-15(2)19(27-20(29)18-13-25-10-11-26-18)21(30)28-12-9-23(31,22(3,4)14-28)16-5-7-17(24)8-6-16/h5-8,10-11,13,15,19,31H,9,12,14H2,1-4H3,(H,27,29)/t19-,23+/m1/s1. The van der Waals surface area contributed by atoms with Gasteiger partial charge in [0.25, 0.3) is 5.91 Å². The van der Waals surface area contributed by atoms with Crippen LogP contribution in [0, 0.1) is 11.3 Å². The lowest BCUT2D eigenvalue weighted by Crippen LogP contribution is -2.60.